The number of hydrogen-bond acceptors (Lipinski definition) is 5. The fourth-order valence-electron chi connectivity index (χ4n) is 3.66. The lowest BCUT2D eigenvalue weighted by Gasteiger charge is -2.37. The van der Waals surface area contributed by atoms with Crippen molar-refractivity contribution in [2.45, 2.75) is 31.7 Å². The molecule has 2 saturated heterocycles. The summed E-state index contributed by atoms with van der Waals surface area (Å²) >= 11 is 0. The summed E-state index contributed by atoms with van der Waals surface area (Å²) < 4.78 is 2.02. The van der Waals surface area contributed by atoms with Crippen LogP contribution in [0, 0.1) is 5.92 Å². The van der Waals surface area contributed by atoms with Crippen LogP contribution >= 0.6 is 0 Å². The molecule has 2 aliphatic heterocycles. The molecule has 0 bridgehead atoms. The van der Waals surface area contributed by atoms with Gasteiger partial charge in [-0.1, -0.05) is 0 Å². The molecule has 0 spiro atoms. The normalized spacial score (nSPS) is 23.8. The molecule has 8 nitrogen and oxygen atoms in total. The van der Waals surface area contributed by atoms with Crippen LogP contribution in [0.3, 0.4) is 0 Å². The van der Waals surface area contributed by atoms with Crippen molar-refractivity contribution < 1.29 is 9.59 Å². The second kappa shape index (κ2) is 7.08. The van der Waals surface area contributed by atoms with Crippen LogP contribution < -0.4 is 5.73 Å². The summed E-state index contributed by atoms with van der Waals surface area (Å²) in [6.07, 6.45) is 7.19. The van der Waals surface area contributed by atoms with Gasteiger partial charge in [-0.25, -0.2) is 0 Å². The van der Waals surface area contributed by atoms with Gasteiger partial charge in [-0.15, -0.1) is 10.2 Å². The van der Waals surface area contributed by atoms with E-state index in [-0.39, 0.29) is 24.3 Å². The van der Waals surface area contributed by atoms with Crippen molar-refractivity contribution >= 4 is 11.8 Å². The first-order valence-electron chi connectivity index (χ1n) is 8.27. The van der Waals surface area contributed by atoms with Gasteiger partial charge in [0.15, 0.2) is 0 Å². The predicted octanol–water partition coefficient (Wildman–Crippen LogP) is -0.361. The highest BCUT2D eigenvalue weighted by atomic mass is 16.2. The molecule has 3 heterocycles. The third kappa shape index (κ3) is 3.87. The average Bonchev–Trinajstić information content (AvgIpc) is 3.08. The van der Waals surface area contributed by atoms with Gasteiger partial charge < -0.3 is 15.2 Å². The molecular formula is C15H24N6O2. The van der Waals surface area contributed by atoms with Crippen molar-refractivity contribution in [2.24, 2.45) is 11.7 Å². The lowest BCUT2D eigenvalue weighted by atomic mass is 9.95. The maximum Gasteiger partial charge on any atom is 0.231 e. The molecule has 1 aromatic rings. The topological polar surface area (TPSA) is 97.3 Å². The molecule has 3 rings (SSSR count). The Morgan fingerprint density at radius 2 is 1.78 bits per heavy atom. The van der Waals surface area contributed by atoms with E-state index in [0.717, 1.165) is 45.3 Å². The van der Waals surface area contributed by atoms with Crippen molar-refractivity contribution in [1.82, 2.24) is 24.6 Å². The highest BCUT2D eigenvalue weighted by Crippen LogP contribution is 2.25. The summed E-state index contributed by atoms with van der Waals surface area (Å²) in [4.78, 5) is 27.8. The molecule has 0 aliphatic carbocycles. The molecule has 1 atom stereocenters. The fraction of sp³-hybridized carbons (Fsp3) is 0.733. The first-order chi connectivity index (χ1) is 11.1. The zero-order valence-electron chi connectivity index (χ0n) is 13.3. The van der Waals surface area contributed by atoms with Gasteiger partial charge >= 0.3 is 0 Å². The monoisotopic (exact) mass is 320 g/mol. The van der Waals surface area contributed by atoms with Gasteiger partial charge in [0.05, 0.1) is 12.5 Å². The Kier molecular flexibility index (Phi) is 4.90. The second-order valence-electron chi connectivity index (χ2n) is 6.51. The van der Waals surface area contributed by atoms with Crippen molar-refractivity contribution in [1.29, 1.82) is 0 Å². The Morgan fingerprint density at radius 3 is 2.43 bits per heavy atom. The van der Waals surface area contributed by atoms with E-state index in [1.807, 2.05) is 14.4 Å². The Morgan fingerprint density at radius 1 is 1.09 bits per heavy atom. The van der Waals surface area contributed by atoms with Gasteiger partial charge in [-0.05, 0) is 32.2 Å². The number of carbonyl (C=O) groups excluding carboxylic acids is 2. The molecule has 8 heteroatoms. The molecular weight excluding hydrogens is 296 g/mol. The summed E-state index contributed by atoms with van der Waals surface area (Å²) in [5, 5.41) is 7.69. The first kappa shape index (κ1) is 15.9. The zero-order chi connectivity index (χ0) is 16.2. The van der Waals surface area contributed by atoms with Crippen molar-refractivity contribution in [2.75, 3.05) is 32.7 Å². The second-order valence-corrected chi connectivity index (χ2v) is 6.51. The van der Waals surface area contributed by atoms with E-state index in [1.165, 1.54) is 0 Å². The Labute approximate surface area is 135 Å². The van der Waals surface area contributed by atoms with Gasteiger partial charge in [0.25, 0.3) is 0 Å². The van der Waals surface area contributed by atoms with E-state index >= 15 is 0 Å². The number of carbonyl (C=O) groups is 2. The van der Waals surface area contributed by atoms with Crippen molar-refractivity contribution in [3.63, 3.8) is 0 Å². The van der Waals surface area contributed by atoms with E-state index in [2.05, 4.69) is 10.2 Å². The van der Waals surface area contributed by atoms with Gasteiger partial charge in [0.2, 0.25) is 11.8 Å². The Balaban J connectivity index is 1.51. The average molecular weight is 320 g/mol. The molecule has 2 N–H and O–H groups in total. The minimum absolute atomic E-state index is 0.00504. The van der Waals surface area contributed by atoms with Crippen LogP contribution in [-0.2, 0) is 9.59 Å². The highest BCUT2D eigenvalue weighted by Gasteiger charge is 2.32. The molecule has 126 valence electrons. The summed E-state index contributed by atoms with van der Waals surface area (Å²) in [5.41, 5.74) is 5.26. The maximum atomic E-state index is 12.7. The predicted molar refractivity (Wildman–Crippen MR) is 83.2 cm³/mol. The highest BCUT2D eigenvalue weighted by molar-refractivity contribution is 5.79. The molecule has 23 heavy (non-hydrogen) atoms. The number of piperidine rings is 2. The van der Waals surface area contributed by atoms with Gasteiger partial charge in [0, 0.05) is 25.7 Å². The number of nitrogens with two attached hydrogens (primary N) is 1. The van der Waals surface area contributed by atoms with E-state index in [1.54, 1.807) is 12.7 Å². The van der Waals surface area contributed by atoms with Crippen LogP contribution in [0.25, 0.3) is 0 Å². The molecule has 0 unspecified atom stereocenters. The fourth-order valence-corrected chi connectivity index (χ4v) is 3.66. The third-order valence-corrected chi connectivity index (χ3v) is 4.87. The standard InChI is InChI=1S/C15H24N6O2/c16-14(22)9-19-5-1-2-12(8-19)15(23)20-6-3-13(4-7-20)21-10-17-18-11-21/h10-13H,1-9H2,(H2,16,22)/t12-/m0/s1. The van der Waals surface area contributed by atoms with Gasteiger partial charge in [-0.3, -0.25) is 14.5 Å². The Bertz CT molecular complexity index is 538. The SMILES string of the molecule is NC(=O)CN1CCC[C@H](C(=O)N2CCC(n3cnnc3)CC2)C1. The van der Waals surface area contributed by atoms with Crippen LogP contribution in [0.2, 0.25) is 0 Å². The first-order valence-corrected chi connectivity index (χ1v) is 8.27. The summed E-state index contributed by atoms with van der Waals surface area (Å²) in [5.74, 6) is -0.108. The molecule has 1 aromatic heterocycles. The van der Waals surface area contributed by atoms with E-state index in [0.29, 0.717) is 12.6 Å². The minimum Gasteiger partial charge on any atom is -0.369 e. The van der Waals surface area contributed by atoms with Gasteiger partial charge in [-0.2, -0.15) is 0 Å². The van der Waals surface area contributed by atoms with Crippen LogP contribution in [0.1, 0.15) is 31.7 Å². The number of amides is 2. The van der Waals surface area contributed by atoms with E-state index in [4.69, 9.17) is 5.73 Å². The molecule has 2 fully saturated rings. The van der Waals surface area contributed by atoms with Crippen LogP contribution in [0.5, 0.6) is 0 Å². The molecule has 2 amide bonds. The minimum atomic E-state index is -0.326. The smallest absolute Gasteiger partial charge is 0.231 e. The number of rotatable bonds is 4. The molecule has 0 saturated carbocycles. The number of aromatic nitrogens is 3. The summed E-state index contributed by atoms with van der Waals surface area (Å²) in [7, 11) is 0. The summed E-state index contributed by atoms with van der Waals surface area (Å²) in [6, 6.07) is 0.381. The number of primary amides is 1. The third-order valence-electron chi connectivity index (χ3n) is 4.87. The van der Waals surface area contributed by atoms with E-state index in [9.17, 15) is 9.59 Å². The lowest BCUT2D eigenvalue weighted by molar-refractivity contribution is -0.139. The van der Waals surface area contributed by atoms with Crippen molar-refractivity contribution in [3.8, 4) is 0 Å². The molecule has 2 aliphatic rings. The summed E-state index contributed by atoms with van der Waals surface area (Å²) in [6.45, 7) is 3.29. The largest absolute Gasteiger partial charge is 0.369 e. The quantitative estimate of drug-likeness (QED) is 0.817. The molecule has 0 radical (unpaired) electrons. The van der Waals surface area contributed by atoms with E-state index < -0.39 is 0 Å². The molecule has 0 aromatic carbocycles. The number of hydrogen-bond donors (Lipinski definition) is 1. The maximum absolute atomic E-state index is 12.7. The lowest BCUT2D eigenvalue weighted by Crippen LogP contribution is -2.48. The van der Waals surface area contributed by atoms with Crippen LogP contribution in [0.4, 0.5) is 0 Å². The zero-order valence-corrected chi connectivity index (χ0v) is 13.3. The van der Waals surface area contributed by atoms with Crippen molar-refractivity contribution in [3.05, 3.63) is 12.7 Å². The van der Waals surface area contributed by atoms with Crippen LogP contribution in [0.15, 0.2) is 12.7 Å². The number of likely N-dealkylation sites (tertiary alicyclic amines) is 2. The number of nitrogens with zero attached hydrogens (tertiary/aromatic N) is 5. The van der Waals surface area contributed by atoms with Crippen LogP contribution in [-0.4, -0.2) is 69.1 Å². The van der Waals surface area contributed by atoms with Gasteiger partial charge in [0.1, 0.15) is 12.7 Å². The Hall–Kier alpha value is -1.96.